The molecule has 2 rings (SSSR count). The van der Waals surface area contributed by atoms with Gasteiger partial charge in [-0.25, -0.2) is 0 Å². The van der Waals surface area contributed by atoms with Gasteiger partial charge in [-0.05, 0) is 32.1 Å². The number of aliphatic hydroxyl groups is 1. The highest BCUT2D eigenvalue weighted by Gasteiger charge is 2.69. The molecule has 0 bridgehead atoms. The normalized spacial score (nSPS) is 36.8. The van der Waals surface area contributed by atoms with Crippen molar-refractivity contribution in [3.8, 4) is 0 Å². The van der Waals surface area contributed by atoms with Crippen molar-refractivity contribution < 1.29 is 14.6 Å². The second-order valence-electron chi connectivity index (χ2n) is 5.39. The van der Waals surface area contributed by atoms with Gasteiger partial charge in [-0.15, -0.1) is 0 Å². The lowest BCUT2D eigenvalue weighted by atomic mass is 9.72. The van der Waals surface area contributed by atoms with Gasteiger partial charge in [-0.3, -0.25) is 4.79 Å². The fraction of sp³-hybridized carbons (Fsp3) is 0.923. The first-order valence-electron chi connectivity index (χ1n) is 6.46. The molecule has 0 aliphatic heterocycles. The Morgan fingerprint density at radius 2 is 1.94 bits per heavy atom. The van der Waals surface area contributed by atoms with Crippen molar-refractivity contribution in [2.45, 2.75) is 58.0 Å². The van der Waals surface area contributed by atoms with E-state index in [1.54, 1.807) is 0 Å². The van der Waals surface area contributed by atoms with Gasteiger partial charge >= 0.3 is 5.97 Å². The SMILES string of the molecule is CCOC(=O)C1(C2(O)CCCCC2)CC1C. The summed E-state index contributed by atoms with van der Waals surface area (Å²) >= 11 is 0. The van der Waals surface area contributed by atoms with Gasteiger partial charge in [0.15, 0.2) is 0 Å². The van der Waals surface area contributed by atoms with Gasteiger partial charge in [0.25, 0.3) is 0 Å². The summed E-state index contributed by atoms with van der Waals surface area (Å²) < 4.78 is 5.16. The topological polar surface area (TPSA) is 46.5 Å². The smallest absolute Gasteiger partial charge is 0.315 e. The highest BCUT2D eigenvalue weighted by atomic mass is 16.5. The minimum atomic E-state index is -0.795. The van der Waals surface area contributed by atoms with Crippen molar-refractivity contribution in [3.05, 3.63) is 0 Å². The third-order valence-corrected chi connectivity index (χ3v) is 4.46. The zero-order valence-corrected chi connectivity index (χ0v) is 10.3. The van der Waals surface area contributed by atoms with Gasteiger partial charge in [-0.2, -0.15) is 0 Å². The zero-order chi connectivity index (χ0) is 11.8. The summed E-state index contributed by atoms with van der Waals surface area (Å²) in [5.74, 6) is 0.0987. The van der Waals surface area contributed by atoms with E-state index < -0.39 is 11.0 Å². The van der Waals surface area contributed by atoms with Crippen molar-refractivity contribution in [2.75, 3.05) is 6.61 Å². The highest BCUT2D eigenvalue weighted by Crippen LogP contribution is 2.63. The third-order valence-electron chi connectivity index (χ3n) is 4.46. The summed E-state index contributed by atoms with van der Waals surface area (Å²) in [4.78, 5) is 12.1. The number of esters is 1. The van der Waals surface area contributed by atoms with Crippen molar-refractivity contribution in [3.63, 3.8) is 0 Å². The summed E-state index contributed by atoms with van der Waals surface area (Å²) in [6.45, 7) is 4.27. The van der Waals surface area contributed by atoms with Crippen LogP contribution in [-0.4, -0.2) is 23.3 Å². The molecule has 2 atom stereocenters. The van der Waals surface area contributed by atoms with E-state index in [1.807, 2.05) is 13.8 Å². The molecule has 0 radical (unpaired) electrons. The molecule has 2 saturated carbocycles. The standard InChI is InChI=1S/C13H22O3/c1-3-16-11(14)13(9-10(13)2)12(15)7-5-4-6-8-12/h10,15H,3-9H2,1-2H3. The van der Waals surface area contributed by atoms with Crippen LogP contribution < -0.4 is 0 Å². The molecule has 92 valence electrons. The van der Waals surface area contributed by atoms with Crippen LogP contribution in [0, 0.1) is 11.3 Å². The monoisotopic (exact) mass is 226 g/mol. The lowest BCUT2D eigenvalue weighted by molar-refractivity contribution is -0.167. The van der Waals surface area contributed by atoms with Gasteiger partial charge in [0.1, 0.15) is 0 Å². The van der Waals surface area contributed by atoms with Gasteiger partial charge in [0.05, 0.1) is 17.6 Å². The van der Waals surface area contributed by atoms with Crippen LogP contribution in [0.25, 0.3) is 0 Å². The van der Waals surface area contributed by atoms with E-state index in [9.17, 15) is 9.90 Å². The third kappa shape index (κ3) is 1.56. The zero-order valence-electron chi connectivity index (χ0n) is 10.3. The molecule has 0 saturated heterocycles. The van der Waals surface area contributed by atoms with Crippen LogP contribution in [0.2, 0.25) is 0 Å². The molecular formula is C13H22O3. The van der Waals surface area contributed by atoms with Crippen LogP contribution in [0.4, 0.5) is 0 Å². The molecular weight excluding hydrogens is 204 g/mol. The van der Waals surface area contributed by atoms with Crippen molar-refractivity contribution in [1.82, 2.24) is 0 Å². The largest absolute Gasteiger partial charge is 0.465 e. The molecule has 3 nitrogen and oxygen atoms in total. The Morgan fingerprint density at radius 3 is 2.38 bits per heavy atom. The molecule has 2 unspecified atom stereocenters. The molecule has 2 aliphatic rings. The molecule has 2 aliphatic carbocycles. The van der Waals surface area contributed by atoms with Crippen LogP contribution >= 0.6 is 0 Å². The molecule has 0 aromatic heterocycles. The molecule has 3 heteroatoms. The highest BCUT2D eigenvalue weighted by molar-refractivity contribution is 5.82. The number of hydrogen-bond acceptors (Lipinski definition) is 3. The fourth-order valence-corrected chi connectivity index (χ4v) is 3.39. The Bertz CT molecular complexity index is 281. The van der Waals surface area contributed by atoms with Crippen LogP contribution in [0.5, 0.6) is 0 Å². The molecule has 0 aromatic carbocycles. The predicted octanol–water partition coefficient (Wildman–Crippen LogP) is 2.27. The molecule has 0 aromatic rings. The number of carbonyl (C=O) groups excluding carboxylic acids is 1. The summed E-state index contributed by atoms with van der Waals surface area (Å²) in [6, 6.07) is 0. The number of rotatable bonds is 3. The minimum absolute atomic E-state index is 0.174. The lowest BCUT2D eigenvalue weighted by Crippen LogP contribution is -2.47. The van der Waals surface area contributed by atoms with Crippen LogP contribution in [-0.2, 0) is 9.53 Å². The average Bonchev–Trinajstić information content (AvgIpc) is 2.94. The Kier molecular flexibility index (Phi) is 2.99. The second-order valence-corrected chi connectivity index (χ2v) is 5.39. The minimum Gasteiger partial charge on any atom is -0.465 e. The average molecular weight is 226 g/mol. The van der Waals surface area contributed by atoms with E-state index in [-0.39, 0.29) is 11.9 Å². The quantitative estimate of drug-likeness (QED) is 0.751. The molecule has 2 fully saturated rings. The Hall–Kier alpha value is -0.570. The van der Waals surface area contributed by atoms with Crippen LogP contribution in [0.15, 0.2) is 0 Å². The van der Waals surface area contributed by atoms with E-state index in [0.29, 0.717) is 6.61 Å². The predicted molar refractivity (Wildman–Crippen MR) is 60.9 cm³/mol. The summed E-state index contributed by atoms with van der Waals surface area (Å²) in [5.41, 5.74) is -1.37. The first-order chi connectivity index (χ1) is 7.57. The van der Waals surface area contributed by atoms with Gasteiger partial charge in [0, 0.05) is 0 Å². The van der Waals surface area contributed by atoms with Gasteiger partial charge in [0.2, 0.25) is 0 Å². The van der Waals surface area contributed by atoms with Gasteiger partial charge < -0.3 is 9.84 Å². The molecule has 0 amide bonds. The van der Waals surface area contributed by atoms with Crippen LogP contribution in [0.3, 0.4) is 0 Å². The van der Waals surface area contributed by atoms with E-state index in [1.165, 1.54) is 6.42 Å². The van der Waals surface area contributed by atoms with Gasteiger partial charge in [-0.1, -0.05) is 26.2 Å². The van der Waals surface area contributed by atoms with E-state index in [4.69, 9.17) is 4.74 Å². The molecule has 0 spiro atoms. The van der Waals surface area contributed by atoms with E-state index in [0.717, 1.165) is 32.1 Å². The fourth-order valence-electron chi connectivity index (χ4n) is 3.39. The number of ether oxygens (including phenoxy) is 1. The maximum absolute atomic E-state index is 12.1. The second kappa shape index (κ2) is 4.02. The Labute approximate surface area is 97.2 Å². The van der Waals surface area contributed by atoms with Crippen molar-refractivity contribution in [2.24, 2.45) is 11.3 Å². The summed E-state index contributed by atoms with van der Waals surface area (Å²) in [7, 11) is 0. The molecule has 0 heterocycles. The number of carbonyl (C=O) groups is 1. The molecule has 16 heavy (non-hydrogen) atoms. The summed E-state index contributed by atoms with van der Waals surface area (Å²) in [6.07, 6.45) is 5.55. The van der Waals surface area contributed by atoms with Crippen molar-refractivity contribution >= 4 is 5.97 Å². The first-order valence-corrected chi connectivity index (χ1v) is 6.46. The van der Waals surface area contributed by atoms with Crippen LogP contribution in [0.1, 0.15) is 52.4 Å². The lowest BCUT2D eigenvalue weighted by Gasteiger charge is -2.39. The Morgan fingerprint density at radius 1 is 1.38 bits per heavy atom. The molecule has 1 N–H and O–H groups in total. The van der Waals surface area contributed by atoms with E-state index in [2.05, 4.69) is 0 Å². The van der Waals surface area contributed by atoms with Crippen molar-refractivity contribution in [1.29, 1.82) is 0 Å². The van der Waals surface area contributed by atoms with E-state index >= 15 is 0 Å². The summed E-state index contributed by atoms with van der Waals surface area (Å²) in [5, 5.41) is 10.7. The number of hydrogen-bond donors (Lipinski definition) is 1. The Balaban J connectivity index is 2.18. The maximum atomic E-state index is 12.1. The first kappa shape index (κ1) is 11.9. The maximum Gasteiger partial charge on any atom is 0.315 e.